The van der Waals surface area contributed by atoms with Gasteiger partial charge < -0.3 is 10.4 Å². The van der Waals surface area contributed by atoms with Crippen molar-refractivity contribution in [3.63, 3.8) is 0 Å². The Hall–Kier alpha value is -2.96. The molecule has 1 atom stereocenters. The second-order valence-electron chi connectivity index (χ2n) is 6.96. The lowest BCUT2D eigenvalue weighted by atomic mass is 9.90. The van der Waals surface area contributed by atoms with Gasteiger partial charge in [-0.05, 0) is 26.0 Å². The molecule has 0 aliphatic heterocycles. The standard InChI is InChI=1S/C17H14F7N5O/c1-15(2,30)13(9-4-3-8(5-10(9)18)16(19,20)21)28-12-6-11(17(22,23)24)27-14-25-7-26-29(12)14/h3-7,13,28,30H,1-2H3. The number of fused-ring (bicyclic) bond motifs is 1. The van der Waals surface area contributed by atoms with Gasteiger partial charge in [-0.15, -0.1) is 0 Å². The third kappa shape index (κ3) is 4.30. The van der Waals surface area contributed by atoms with E-state index in [0.717, 1.165) is 16.9 Å². The normalized spacial score (nSPS) is 14.2. The first-order valence-electron chi connectivity index (χ1n) is 8.31. The smallest absolute Gasteiger partial charge is 0.388 e. The molecule has 13 heteroatoms. The van der Waals surface area contributed by atoms with E-state index in [4.69, 9.17) is 0 Å². The predicted molar refractivity (Wildman–Crippen MR) is 89.8 cm³/mol. The van der Waals surface area contributed by atoms with E-state index in [1.807, 2.05) is 0 Å². The Bertz CT molecular complexity index is 1070. The Morgan fingerprint density at radius 3 is 2.23 bits per heavy atom. The molecule has 3 aromatic rings. The number of nitrogens with one attached hydrogen (secondary N) is 1. The molecule has 2 aromatic heterocycles. The molecule has 2 N–H and O–H groups in total. The fourth-order valence-corrected chi connectivity index (χ4v) is 2.78. The summed E-state index contributed by atoms with van der Waals surface area (Å²) >= 11 is 0. The summed E-state index contributed by atoms with van der Waals surface area (Å²) in [6.07, 6.45) is -8.70. The van der Waals surface area contributed by atoms with Crippen molar-refractivity contribution in [2.45, 2.75) is 37.8 Å². The van der Waals surface area contributed by atoms with Crippen molar-refractivity contribution in [1.82, 2.24) is 19.6 Å². The number of rotatable bonds is 4. The van der Waals surface area contributed by atoms with Crippen LogP contribution < -0.4 is 5.32 Å². The van der Waals surface area contributed by atoms with E-state index in [9.17, 15) is 35.8 Å². The Kier molecular flexibility index (Phi) is 5.13. The number of halogens is 7. The minimum absolute atomic E-state index is 0.245. The molecule has 0 aliphatic carbocycles. The molecular formula is C17H14F7N5O. The zero-order valence-electron chi connectivity index (χ0n) is 15.3. The summed E-state index contributed by atoms with van der Waals surface area (Å²) in [5.41, 5.74) is -4.78. The van der Waals surface area contributed by atoms with Gasteiger partial charge in [0.1, 0.15) is 18.0 Å². The molecule has 0 amide bonds. The molecule has 1 aromatic carbocycles. The molecular weight excluding hydrogens is 423 g/mol. The number of aromatic nitrogens is 4. The van der Waals surface area contributed by atoms with Gasteiger partial charge in [-0.2, -0.15) is 40.9 Å². The highest BCUT2D eigenvalue weighted by atomic mass is 19.4. The third-order valence-corrected chi connectivity index (χ3v) is 4.18. The molecule has 1 unspecified atom stereocenters. The molecule has 2 heterocycles. The minimum Gasteiger partial charge on any atom is -0.388 e. The molecule has 0 aliphatic rings. The number of aliphatic hydroxyl groups is 1. The molecule has 0 saturated heterocycles. The van der Waals surface area contributed by atoms with Crippen LogP contribution in [0.4, 0.5) is 36.6 Å². The van der Waals surface area contributed by atoms with Crippen molar-refractivity contribution in [2.75, 3.05) is 5.32 Å². The molecule has 30 heavy (non-hydrogen) atoms. The monoisotopic (exact) mass is 437 g/mol. The van der Waals surface area contributed by atoms with Crippen molar-refractivity contribution < 1.29 is 35.8 Å². The summed E-state index contributed by atoms with van der Waals surface area (Å²) in [5.74, 6) is -2.07. The largest absolute Gasteiger partial charge is 0.433 e. The Balaban J connectivity index is 2.11. The quantitative estimate of drug-likeness (QED) is 0.598. The van der Waals surface area contributed by atoms with E-state index < -0.39 is 52.4 Å². The lowest BCUT2D eigenvalue weighted by Gasteiger charge is -2.32. The molecule has 6 nitrogen and oxygen atoms in total. The number of alkyl halides is 6. The van der Waals surface area contributed by atoms with Crippen LogP contribution in [0.2, 0.25) is 0 Å². The van der Waals surface area contributed by atoms with Crippen LogP contribution in [0.3, 0.4) is 0 Å². The third-order valence-electron chi connectivity index (χ3n) is 4.18. The van der Waals surface area contributed by atoms with Gasteiger partial charge in [-0.25, -0.2) is 9.37 Å². The van der Waals surface area contributed by atoms with Gasteiger partial charge in [0.15, 0.2) is 5.69 Å². The molecule has 162 valence electrons. The van der Waals surface area contributed by atoms with E-state index in [-0.39, 0.29) is 11.9 Å². The minimum atomic E-state index is -4.84. The van der Waals surface area contributed by atoms with E-state index in [1.54, 1.807) is 0 Å². The van der Waals surface area contributed by atoms with E-state index >= 15 is 0 Å². The summed E-state index contributed by atoms with van der Waals surface area (Å²) in [4.78, 5) is 6.92. The van der Waals surface area contributed by atoms with Crippen LogP contribution in [0, 0.1) is 5.82 Å². The second kappa shape index (κ2) is 7.07. The van der Waals surface area contributed by atoms with Gasteiger partial charge in [0.05, 0.1) is 17.2 Å². The summed E-state index contributed by atoms with van der Waals surface area (Å²) < 4.78 is 93.3. The summed E-state index contributed by atoms with van der Waals surface area (Å²) in [7, 11) is 0. The highest BCUT2D eigenvalue weighted by Gasteiger charge is 2.37. The van der Waals surface area contributed by atoms with E-state index in [2.05, 4.69) is 20.4 Å². The van der Waals surface area contributed by atoms with E-state index in [0.29, 0.717) is 12.1 Å². The Morgan fingerprint density at radius 2 is 1.70 bits per heavy atom. The van der Waals surface area contributed by atoms with Crippen LogP contribution in [0.1, 0.15) is 36.7 Å². The average Bonchev–Trinajstić information content (AvgIpc) is 3.06. The fraction of sp³-hybridized carbons (Fsp3) is 0.353. The SMILES string of the molecule is CC(C)(O)C(Nc1cc(C(F)(F)F)nc2ncnn12)c1ccc(C(F)(F)F)cc1F. The van der Waals surface area contributed by atoms with Crippen LogP contribution in [0.25, 0.3) is 5.78 Å². The number of nitrogens with zero attached hydrogens (tertiary/aromatic N) is 4. The predicted octanol–water partition coefficient (Wildman–Crippen LogP) is 4.23. The highest BCUT2D eigenvalue weighted by molar-refractivity contribution is 5.48. The van der Waals surface area contributed by atoms with Crippen LogP contribution >= 0.6 is 0 Å². The van der Waals surface area contributed by atoms with Crippen molar-refractivity contribution in [3.05, 3.63) is 53.2 Å². The summed E-state index contributed by atoms with van der Waals surface area (Å²) in [6, 6.07) is 0.780. The van der Waals surface area contributed by atoms with Crippen molar-refractivity contribution in [2.24, 2.45) is 0 Å². The zero-order valence-corrected chi connectivity index (χ0v) is 15.3. The summed E-state index contributed by atoms with van der Waals surface area (Å²) in [6.45, 7) is 2.43. The van der Waals surface area contributed by atoms with Crippen LogP contribution in [0.15, 0.2) is 30.6 Å². The Labute approximate surface area is 164 Å². The number of benzene rings is 1. The zero-order chi connectivity index (χ0) is 22.5. The first-order chi connectivity index (χ1) is 13.7. The fourth-order valence-electron chi connectivity index (χ4n) is 2.78. The first-order valence-corrected chi connectivity index (χ1v) is 8.31. The van der Waals surface area contributed by atoms with E-state index in [1.165, 1.54) is 13.8 Å². The van der Waals surface area contributed by atoms with Crippen LogP contribution in [-0.4, -0.2) is 30.3 Å². The lowest BCUT2D eigenvalue weighted by molar-refractivity contribution is -0.141. The molecule has 0 saturated carbocycles. The van der Waals surface area contributed by atoms with Crippen molar-refractivity contribution in [3.8, 4) is 0 Å². The maximum absolute atomic E-state index is 14.5. The number of hydrogen-bond donors (Lipinski definition) is 2. The Morgan fingerprint density at radius 1 is 1.03 bits per heavy atom. The van der Waals surface area contributed by atoms with Gasteiger partial charge in [-0.1, -0.05) is 6.07 Å². The van der Waals surface area contributed by atoms with Gasteiger partial charge >= 0.3 is 12.4 Å². The van der Waals surface area contributed by atoms with Gasteiger partial charge in [-0.3, -0.25) is 0 Å². The highest BCUT2D eigenvalue weighted by Crippen LogP contribution is 2.36. The van der Waals surface area contributed by atoms with Gasteiger partial charge in [0.25, 0.3) is 5.78 Å². The molecule has 0 spiro atoms. The molecule has 0 bridgehead atoms. The van der Waals surface area contributed by atoms with Crippen LogP contribution in [-0.2, 0) is 12.4 Å². The maximum Gasteiger partial charge on any atom is 0.433 e. The topological polar surface area (TPSA) is 75.3 Å². The maximum atomic E-state index is 14.5. The van der Waals surface area contributed by atoms with Gasteiger partial charge in [0.2, 0.25) is 0 Å². The van der Waals surface area contributed by atoms with Gasteiger partial charge in [0, 0.05) is 11.6 Å². The average molecular weight is 437 g/mol. The van der Waals surface area contributed by atoms with Crippen molar-refractivity contribution >= 4 is 11.6 Å². The molecule has 0 radical (unpaired) electrons. The molecule has 0 fully saturated rings. The van der Waals surface area contributed by atoms with Crippen LogP contribution in [0.5, 0.6) is 0 Å². The lowest BCUT2D eigenvalue weighted by Crippen LogP contribution is -2.36. The summed E-state index contributed by atoms with van der Waals surface area (Å²) in [5, 5.41) is 16.7. The second-order valence-corrected chi connectivity index (χ2v) is 6.96. The number of anilines is 1. The molecule has 3 rings (SSSR count). The van der Waals surface area contributed by atoms with Crippen molar-refractivity contribution in [1.29, 1.82) is 0 Å². The first kappa shape index (κ1) is 21.7. The number of hydrogen-bond acceptors (Lipinski definition) is 5.